The molecule has 1 saturated heterocycles. The minimum absolute atomic E-state index is 0.567. The van der Waals surface area contributed by atoms with Gasteiger partial charge in [0.15, 0.2) is 5.82 Å². The molecule has 2 aromatic heterocycles. The monoisotopic (exact) mass is 359 g/mol. The number of pyridine rings is 1. The Bertz CT molecular complexity index is 673. The molecule has 3 rings (SSSR count). The number of hydrogen-bond acceptors (Lipinski definition) is 7. The van der Waals surface area contributed by atoms with Gasteiger partial charge in [0, 0.05) is 31.8 Å². The highest BCUT2D eigenvalue weighted by molar-refractivity contribution is 5.17. The second-order valence-corrected chi connectivity index (χ2v) is 6.86. The molecule has 0 N–H and O–H groups in total. The Balaban J connectivity index is 1.54. The van der Waals surface area contributed by atoms with Gasteiger partial charge in [0.2, 0.25) is 11.8 Å². The molecule has 0 aromatic carbocycles. The van der Waals surface area contributed by atoms with E-state index in [0.717, 1.165) is 45.0 Å². The lowest BCUT2D eigenvalue weighted by Gasteiger charge is -2.29. The highest BCUT2D eigenvalue weighted by atomic mass is 16.5. The van der Waals surface area contributed by atoms with Crippen LogP contribution < -0.4 is 4.74 Å². The number of aromatic nitrogens is 3. The first kappa shape index (κ1) is 18.8. The fourth-order valence-electron chi connectivity index (χ4n) is 3.63. The van der Waals surface area contributed by atoms with E-state index < -0.39 is 0 Å². The van der Waals surface area contributed by atoms with Gasteiger partial charge in [0.25, 0.3) is 0 Å². The number of aryl methyl sites for hydroxylation is 1. The van der Waals surface area contributed by atoms with E-state index in [0.29, 0.717) is 17.8 Å². The summed E-state index contributed by atoms with van der Waals surface area (Å²) in [6.45, 7) is 8.98. The van der Waals surface area contributed by atoms with Crippen LogP contribution in [0.5, 0.6) is 5.88 Å². The molecular formula is C19H29N5O2. The van der Waals surface area contributed by atoms with E-state index in [1.807, 2.05) is 19.2 Å². The quantitative estimate of drug-likeness (QED) is 0.753. The van der Waals surface area contributed by atoms with E-state index >= 15 is 0 Å². The van der Waals surface area contributed by atoms with Gasteiger partial charge in [-0.25, -0.2) is 4.98 Å². The molecule has 0 amide bonds. The van der Waals surface area contributed by atoms with Gasteiger partial charge in [-0.05, 0) is 44.5 Å². The van der Waals surface area contributed by atoms with Crippen molar-refractivity contribution < 1.29 is 9.26 Å². The van der Waals surface area contributed by atoms with Crippen LogP contribution in [0.15, 0.2) is 22.9 Å². The minimum atomic E-state index is 0.567. The first-order valence-electron chi connectivity index (χ1n) is 9.42. The molecule has 7 heteroatoms. The molecule has 3 heterocycles. The summed E-state index contributed by atoms with van der Waals surface area (Å²) in [7, 11) is 1.65. The normalized spacial score (nSPS) is 18.8. The van der Waals surface area contributed by atoms with Crippen molar-refractivity contribution in [3.63, 3.8) is 0 Å². The standard InChI is InChI=1S/C19H29N5O2/c1-4-24(14-18-21-15(2)26-22-18)17-6-5-10-23(11-9-17)13-16-7-8-19(25-3)20-12-16/h7-8,12,17H,4-6,9-11,13-14H2,1-3H3/t17-/m1/s1. The number of likely N-dealkylation sites (tertiary alicyclic amines) is 1. The molecule has 142 valence electrons. The molecule has 0 unspecified atom stereocenters. The Morgan fingerprint density at radius 3 is 2.85 bits per heavy atom. The second kappa shape index (κ2) is 9.09. The Morgan fingerprint density at radius 2 is 2.19 bits per heavy atom. The average molecular weight is 359 g/mol. The van der Waals surface area contributed by atoms with Crippen LogP contribution in [0.4, 0.5) is 0 Å². The fraction of sp³-hybridized carbons (Fsp3) is 0.632. The van der Waals surface area contributed by atoms with E-state index in [1.165, 1.54) is 18.4 Å². The van der Waals surface area contributed by atoms with Crippen LogP contribution >= 0.6 is 0 Å². The van der Waals surface area contributed by atoms with E-state index in [1.54, 1.807) is 7.11 Å². The van der Waals surface area contributed by atoms with Gasteiger partial charge < -0.3 is 9.26 Å². The predicted molar refractivity (Wildman–Crippen MR) is 98.8 cm³/mol. The highest BCUT2D eigenvalue weighted by Gasteiger charge is 2.23. The zero-order valence-electron chi connectivity index (χ0n) is 16.0. The van der Waals surface area contributed by atoms with Gasteiger partial charge in [0.05, 0.1) is 13.7 Å². The maximum absolute atomic E-state index is 5.14. The zero-order valence-corrected chi connectivity index (χ0v) is 16.0. The average Bonchev–Trinajstić information content (AvgIpc) is 2.93. The number of rotatable bonds is 7. The summed E-state index contributed by atoms with van der Waals surface area (Å²) in [5.41, 5.74) is 1.24. The van der Waals surface area contributed by atoms with Crippen LogP contribution in [0.1, 0.15) is 43.5 Å². The van der Waals surface area contributed by atoms with Gasteiger partial charge in [-0.15, -0.1) is 0 Å². The van der Waals surface area contributed by atoms with Gasteiger partial charge in [-0.2, -0.15) is 4.98 Å². The smallest absolute Gasteiger partial charge is 0.223 e. The largest absolute Gasteiger partial charge is 0.481 e. The number of methoxy groups -OCH3 is 1. The summed E-state index contributed by atoms with van der Waals surface area (Å²) in [6, 6.07) is 4.60. The molecule has 1 atom stereocenters. The van der Waals surface area contributed by atoms with Crippen molar-refractivity contribution >= 4 is 0 Å². The van der Waals surface area contributed by atoms with E-state index in [4.69, 9.17) is 9.26 Å². The van der Waals surface area contributed by atoms with Crippen LogP contribution in [0.25, 0.3) is 0 Å². The Morgan fingerprint density at radius 1 is 1.31 bits per heavy atom. The van der Waals surface area contributed by atoms with Crippen molar-refractivity contribution in [2.24, 2.45) is 0 Å². The molecule has 1 fully saturated rings. The summed E-state index contributed by atoms with van der Waals surface area (Å²) in [4.78, 5) is 13.7. The minimum Gasteiger partial charge on any atom is -0.481 e. The molecule has 1 aliphatic heterocycles. The number of nitrogens with zero attached hydrogens (tertiary/aromatic N) is 5. The molecule has 0 bridgehead atoms. The van der Waals surface area contributed by atoms with Crippen molar-refractivity contribution in [1.82, 2.24) is 24.9 Å². The molecule has 2 aromatic rings. The lowest BCUT2D eigenvalue weighted by Crippen LogP contribution is -2.36. The summed E-state index contributed by atoms with van der Waals surface area (Å²) in [6.07, 6.45) is 5.49. The van der Waals surface area contributed by atoms with Crippen LogP contribution in [0.3, 0.4) is 0 Å². The number of ether oxygens (including phenoxy) is 1. The van der Waals surface area contributed by atoms with Crippen LogP contribution in [-0.4, -0.2) is 57.7 Å². The summed E-state index contributed by atoms with van der Waals surface area (Å²) < 4.78 is 10.2. The third kappa shape index (κ3) is 5.02. The fourth-order valence-corrected chi connectivity index (χ4v) is 3.63. The summed E-state index contributed by atoms with van der Waals surface area (Å²) >= 11 is 0. The van der Waals surface area contributed by atoms with E-state index in [-0.39, 0.29) is 0 Å². The molecule has 0 aliphatic carbocycles. The SMILES string of the molecule is CCN(Cc1noc(C)n1)[C@@H]1CCCN(Cc2ccc(OC)nc2)CC1. The summed E-state index contributed by atoms with van der Waals surface area (Å²) in [5, 5.41) is 4.05. The van der Waals surface area contributed by atoms with Crippen LogP contribution in [0.2, 0.25) is 0 Å². The van der Waals surface area contributed by atoms with Crippen LogP contribution in [0, 0.1) is 6.92 Å². The van der Waals surface area contributed by atoms with Crippen molar-refractivity contribution in [2.75, 3.05) is 26.7 Å². The van der Waals surface area contributed by atoms with Gasteiger partial charge in [0.1, 0.15) is 0 Å². The topological polar surface area (TPSA) is 67.5 Å². The van der Waals surface area contributed by atoms with Crippen molar-refractivity contribution in [3.05, 3.63) is 35.6 Å². The summed E-state index contributed by atoms with van der Waals surface area (Å²) in [5.74, 6) is 2.09. The first-order chi connectivity index (χ1) is 12.7. The maximum atomic E-state index is 5.14. The van der Waals surface area contributed by atoms with Crippen molar-refractivity contribution in [3.8, 4) is 5.88 Å². The van der Waals surface area contributed by atoms with Gasteiger partial charge >= 0.3 is 0 Å². The Kier molecular flexibility index (Phi) is 6.57. The first-order valence-corrected chi connectivity index (χ1v) is 9.42. The number of hydrogen-bond donors (Lipinski definition) is 0. The maximum Gasteiger partial charge on any atom is 0.223 e. The molecular weight excluding hydrogens is 330 g/mol. The van der Waals surface area contributed by atoms with E-state index in [2.05, 4.69) is 37.9 Å². The van der Waals surface area contributed by atoms with Crippen LogP contribution in [-0.2, 0) is 13.1 Å². The second-order valence-electron chi connectivity index (χ2n) is 6.86. The lowest BCUT2D eigenvalue weighted by atomic mass is 10.1. The molecule has 0 saturated carbocycles. The zero-order chi connectivity index (χ0) is 18.4. The van der Waals surface area contributed by atoms with E-state index in [9.17, 15) is 0 Å². The third-order valence-electron chi connectivity index (χ3n) is 5.04. The Hall–Kier alpha value is -1.99. The van der Waals surface area contributed by atoms with Crippen molar-refractivity contribution in [1.29, 1.82) is 0 Å². The molecule has 26 heavy (non-hydrogen) atoms. The molecule has 1 aliphatic rings. The third-order valence-corrected chi connectivity index (χ3v) is 5.04. The highest BCUT2D eigenvalue weighted by Crippen LogP contribution is 2.20. The molecule has 0 spiro atoms. The lowest BCUT2D eigenvalue weighted by molar-refractivity contribution is 0.170. The predicted octanol–water partition coefficient (Wildman–Crippen LogP) is 2.66. The van der Waals surface area contributed by atoms with Crippen molar-refractivity contribution in [2.45, 2.75) is 52.2 Å². The van der Waals surface area contributed by atoms with Gasteiger partial charge in [-0.1, -0.05) is 18.1 Å². The molecule has 0 radical (unpaired) electrons. The molecule has 7 nitrogen and oxygen atoms in total. The van der Waals surface area contributed by atoms with Gasteiger partial charge in [-0.3, -0.25) is 9.80 Å². The Labute approximate surface area is 155 Å².